The van der Waals surface area contributed by atoms with Gasteiger partial charge in [0.2, 0.25) is 5.17 Å². The molecule has 2 aliphatic rings. The molecule has 1 N–H and O–H groups in total. The molecule has 0 saturated carbocycles. The van der Waals surface area contributed by atoms with E-state index in [0.29, 0.717) is 27.3 Å². The maximum Gasteiger partial charge on any atom is 0.283 e. The van der Waals surface area contributed by atoms with E-state index in [1.807, 2.05) is 31.2 Å². The number of amides is 1. The van der Waals surface area contributed by atoms with Gasteiger partial charge in [-0.05, 0) is 48.5 Å². The summed E-state index contributed by atoms with van der Waals surface area (Å²) >= 11 is 1.24. The van der Waals surface area contributed by atoms with Gasteiger partial charge in [0.15, 0.2) is 5.84 Å². The van der Waals surface area contributed by atoms with E-state index in [0.717, 1.165) is 11.1 Å². The minimum absolute atomic E-state index is 0.0284. The zero-order valence-electron chi connectivity index (χ0n) is 18.5. The molecular formula is C24H17N5O5S. The van der Waals surface area contributed by atoms with Crippen LogP contribution in [0.2, 0.25) is 0 Å². The molecule has 0 atom stereocenters. The van der Waals surface area contributed by atoms with Crippen LogP contribution in [-0.4, -0.2) is 39.0 Å². The van der Waals surface area contributed by atoms with Crippen molar-refractivity contribution in [2.75, 3.05) is 7.11 Å². The van der Waals surface area contributed by atoms with Crippen LogP contribution in [0.5, 0.6) is 5.75 Å². The lowest BCUT2D eigenvalue weighted by molar-refractivity contribution is -0.384. The van der Waals surface area contributed by atoms with E-state index in [4.69, 9.17) is 14.6 Å². The van der Waals surface area contributed by atoms with Crippen LogP contribution < -0.4 is 4.74 Å². The highest BCUT2D eigenvalue weighted by Crippen LogP contribution is 2.35. The summed E-state index contributed by atoms with van der Waals surface area (Å²) < 4.78 is 11.1. The highest BCUT2D eigenvalue weighted by atomic mass is 32.2. The Labute approximate surface area is 203 Å². The number of carbonyl (C=O) groups is 1. The van der Waals surface area contributed by atoms with Crippen molar-refractivity contribution in [1.82, 2.24) is 5.01 Å². The van der Waals surface area contributed by atoms with Crippen molar-refractivity contribution in [1.29, 1.82) is 5.41 Å². The zero-order chi connectivity index (χ0) is 24.7. The van der Waals surface area contributed by atoms with Crippen molar-refractivity contribution in [2.24, 2.45) is 10.1 Å². The number of ether oxygens (including phenoxy) is 1. The lowest BCUT2D eigenvalue weighted by Gasteiger charge is -2.19. The number of methoxy groups -OCH3 is 1. The fraction of sp³-hybridized carbons (Fsp3) is 0.0833. The third-order valence-electron chi connectivity index (χ3n) is 5.40. The number of thioether (sulfide) groups is 1. The summed E-state index contributed by atoms with van der Waals surface area (Å²) in [6.07, 6.45) is 1.43. The van der Waals surface area contributed by atoms with Gasteiger partial charge in [0.05, 0.1) is 29.2 Å². The maximum atomic E-state index is 12.7. The number of carbonyl (C=O) groups excluding carboxylic acids is 1. The van der Waals surface area contributed by atoms with Crippen LogP contribution in [0.3, 0.4) is 0 Å². The molecular weight excluding hydrogens is 470 g/mol. The molecule has 1 aromatic heterocycles. The Kier molecular flexibility index (Phi) is 5.53. The van der Waals surface area contributed by atoms with Gasteiger partial charge in [-0.3, -0.25) is 20.3 Å². The lowest BCUT2D eigenvalue weighted by Crippen LogP contribution is -2.35. The van der Waals surface area contributed by atoms with Gasteiger partial charge in [-0.25, -0.2) is 0 Å². The number of hydrogen-bond donors (Lipinski definition) is 1. The number of non-ortho nitro benzene ring substituents is 1. The van der Waals surface area contributed by atoms with Gasteiger partial charge in [-0.2, -0.15) is 15.1 Å². The Morgan fingerprint density at radius 2 is 1.97 bits per heavy atom. The summed E-state index contributed by atoms with van der Waals surface area (Å²) in [7, 11) is 1.41. The lowest BCUT2D eigenvalue weighted by atomic mass is 10.1. The molecule has 0 saturated heterocycles. The summed E-state index contributed by atoms with van der Waals surface area (Å²) in [4.78, 5) is 27.4. The molecule has 0 fully saturated rings. The van der Waals surface area contributed by atoms with Crippen LogP contribution in [0.15, 0.2) is 74.7 Å². The van der Waals surface area contributed by atoms with Gasteiger partial charge in [0.25, 0.3) is 11.6 Å². The number of rotatable bonds is 5. The monoisotopic (exact) mass is 487 g/mol. The van der Waals surface area contributed by atoms with Crippen molar-refractivity contribution in [3.05, 3.63) is 87.2 Å². The first kappa shape index (κ1) is 22.3. The summed E-state index contributed by atoms with van der Waals surface area (Å²) in [6, 6.07) is 15.2. The standard InChI is InChI=1S/C24H17N5O5S/c1-13-5-3-4-6-16(13)23-27-28-21(25)18(22(30)26-24(28)35-23)12-15-8-10-19(34-15)17-9-7-14(29(31)32)11-20(17)33-2/h3-12,25H,1-2H3. The van der Waals surface area contributed by atoms with Gasteiger partial charge in [0, 0.05) is 11.6 Å². The minimum Gasteiger partial charge on any atom is -0.496 e. The van der Waals surface area contributed by atoms with Crippen molar-refractivity contribution in [3.63, 3.8) is 0 Å². The molecule has 11 heteroatoms. The van der Waals surface area contributed by atoms with Crippen molar-refractivity contribution in [2.45, 2.75) is 6.92 Å². The number of aryl methyl sites for hydroxylation is 1. The Morgan fingerprint density at radius 1 is 1.17 bits per heavy atom. The summed E-state index contributed by atoms with van der Waals surface area (Å²) in [5.74, 6) is 0.291. The number of fused-ring (bicyclic) bond motifs is 1. The predicted octanol–water partition coefficient (Wildman–Crippen LogP) is 4.84. The molecule has 0 radical (unpaired) electrons. The first-order chi connectivity index (χ1) is 16.9. The molecule has 0 bridgehead atoms. The summed E-state index contributed by atoms with van der Waals surface area (Å²) in [5, 5.41) is 26.4. The average molecular weight is 487 g/mol. The van der Waals surface area contributed by atoms with Crippen LogP contribution in [0, 0.1) is 22.4 Å². The minimum atomic E-state index is -0.569. The zero-order valence-corrected chi connectivity index (χ0v) is 19.3. The number of amidine groups is 2. The predicted molar refractivity (Wildman–Crippen MR) is 133 cm³/mol. The third-order valence-corrected chi connectivity index (χ3v) is 6.35. The molecule has 5 rings (SSSR count). The number of benzene rings is 2. The number of hydrogen-bond acceptors (Lipinski definition) is 8. The summed E-state index contributed by atoms with van der Waals surface area (Å²) in [5.41, 5.74) is 2.37. The topological polar surface area (TPSA) is 134 Å². The molecule has 0 spiro atoms. The number of nitro benzene ring substituents is 1. The number of nitrogens with zero attached hydrogens (tertiary/aromatic N) is 4. The van der Waals surface area contributed by atoms with E-state index in [1.54, 1.807) is 12.1 Å². The van der Waals surface area contributed by atoms with Gasteiger partial charge >= 0.3 is 0 Å². The molecule has 0 aliphatic carbocycles. The van der Waals surface area contributed by atoms with Crippen molar-refractivity contribution < 1.29 is 18.9 Å². The van der Waals surface area contributed by atoms with E-state index < -0.39 is 10.8 Å². The highest BCUT2D eigenvalue weighted by molar-refractivity contribution is 8.27. The van der Waals surface area contributed by atoms with Gasteiger partial charge in [-0.15, -0.1) is 0 Å². The number of nitrogens with one attached hydrogen (secondary N) is 1. The molecule has 1 amide bonds. The molecule has 2 aliphatic heterocycles. The molecule has 174 valence electrons. The van der Waals surface area contributed by atoms with Crippen LogP contribution in [0.25, 0.3) is 17.4 Å². The van der Waals surface area contributed by atoms with Gasteiger partial charge in [-0.1, -0.05) is 24.3 Å². The maximum absolute atomic E-state index is 12.7. The van der Waals surface area contributed by atoms with Gasteiger partial charge in [0.1, 0.15) is 22.3 Å². The van der Waals surface area contributed by atoms with Crippen molar-refractivity contribution >= 4 is 45.5 Å². The van der Waals surface area contributed by atoms with Gasteiger partial charge < -0.3 is 9.15 Å². The number of furan rings is 1. The Bertz CT molecular complexity index is 1500. The fourth-order valence-electron chi connectivity index (χ4n) is 3.63. The summed E-state index contributed by atoms with van der Waals surface area (Å²) in [6.45, 7) is 1.97. The first-order valence-corrected chi connectivity index (χ1v) is 11.2. The van der Waals surface area contributed by atoms with Crippen LogP contribution in [-0.2, 0) is 4.79 Å². The molecule has 10 nitrogen and oxygen atoms in total. The first-order valence-electron chi connectivity index (χ1n) is 10.3. The largest absolute Gasteiger partial charge is 0.496 e. The third kappa shape index (κ3) is 4.02. The van der Waals surface area contributed by atoms with E-state index in [2.05, 4.69) is 10.1 Å². The van der Waals surface area contributed by atoms with E-state index in [1.165, 1.54) is 48.2 Å². The SMILES string of the molecule is COc1cc([N+](=O)[O-])ccc1-c1ccc(C=C2C(=N)N3N=C(c4ccccc4C)SC3=NC2=O)o1. The second-order valence-electron chi connectivity index (χ2n) is 7.58. The van der Waals surface area contributed by atoms with Crippen LogP contribution >= 0.6 is 11.8 Å². The fourth-order valence-corrected chi connectivity index (χ4v) is 4.61. The Hall–Kier alpha value is -4.51. The number of aliphatic imine (C=N–C) groups is 1. The van der Waals surface area contributed by atoms with E-state index in [-0.39, 0.29) is 22.8 Å². The van der Waals surface area contributed by atoms with Crippen LogP contribution in [0.4, 0.5) is 5.69 Å². The normalized spacial score (nSPS) is 16.3. The Morgan fingerprint density at radius 3 is 2.71 bits per heavy atom. The van der Waals surface area contributed by atoms with E-state index in [9.17, 15) is 14.9 Å². The Balaban J connectivity index is 1.45. The number of nitro groups is 1. The second-order valence-corrected chi connectivity index (χ2v) is 8.54. The molecule has 3 heterocycles. The average Bonchev–Trinajstić information content (AvgIpc) is 3.49. The smallest absolute Gasteiger partial charge is 0.283 e. The highest BCUT2D eigenvalue weighted by Gasteiger charge is 2.36. The molecule has 35 heavy (non-hydrogen) atoms. The quantitative estimate of drug-likeness (QED) is 0.309. The number of hydrazone groups is 1. The van der Waals surface area contributed by atoms with Crippen LogP contribution in [0.1, 0.15) is 16.9 Å². The molecule has 0 unspecified atom stereocenters. The van der Waals surface area contributed by atoms with E-state index >= 15 is 0 Å². The van der Waals surface area contributed by atoms with Crippen molar-refractivity contribution in [3.8, 4) is 17.1 Å². The second kappa shape index (κ2) is 8.69. The molecule has 3 aromatic rings. The molecule has 2 aromatic carbocycles.